The van der Waals surface area contributed by atoms with Crippen molar-refractivity contribution in [2.75, 3.05) is 0 Å². The van der Waals surface area contributed by atoms with Crippen LogP contribution in [0.4, 0.5) is 0 Å². The lowest BCUT2D eigenvalue weighted by atomic mass is 9.47. The van der Waals surface area contributed by atoms with E-state index in [1.165, 1.54) is 12.0 Å². The van der Waals surface area contributed by atoms with Crippen LogP contribution in [-0.4, -0.2) is 17.0 Å². The summed E-state index contributed by atoms with van der Waals surface area (Å²) in [7, 11) is 0. The lowest BCUT2D eigenvalue weighted by Gasteiger charge is -2.57. The molecule has 3 saturated carbocycles. The van der Waals surface area contributed by atoms with Crippen LogP contribution in [0, 0.1) is 34.5 Å². The van der Waals surface area contributed by atoms with Gasteiger partial charge in [0.05, 0.1) is 6.10 Å². The number of aliphatic hydroxyl groups is 1. The summed E-state index contributed by atoms with van der Waals surface area (Å²) in [5.41, 5.74) is 1.77. The summed E-state index contributed by atoms with van der Waals surface area (Å²) < 4.78 is 0. The minimum Gasteiger partial charge on any atom is -0.393 e. The maximum absolute atomic E-state index is 12.4. The molecule has 0 bridgehead atoms. The number of ketones is 1. The van der Waals surface area contributed by atoms with Crippen molar-refractivity contribution < 1.29 is 9.90 Å². The van der Waals surface area contributed by atoms with E-state index >= 15 is 0 Å². The van der Waals surface area contributed by atoms with Gasteiger partial charge in [-0.2, -0.15) is 0 Å². The van der Waals surface area contributed by atoms with Crippen LogP contribution in [0.2, 0.25) is 0 Å². The third-order valence-electron chi connectivity index (χ3n) is 8.17. The van der Waals surface area contributed by atoms with Crippen LogP contribution in [0.1, 0.15) is 65.7 Å². The van der Waals surface area contributed by atoms with E-state index in [-0.39, 0.29) is 16.9 Å². The number of hydrogen-bond acceptors (Lipinski definition) is 2. The van der Waals surface area contributed by atoms with E-state index in [4.69, 9.17) is 0 Å². The van der Waals surface area contributed by atoms with Crippen LogP contribution in [0.15, 0.2) is 11.6 Å². The second kappa shape index (κ2) is 4.69. The highest BCUT2D eigenvalue weighted by molar-refractivity contribution is 5.87. The van der Waals surface area contributed by atoms with Gasteiger partial charge in [0.1, 0.15) is 5.78 Å². The molecule has 0 spiro atoms. The zero-order valence-electron chi connectivity index (χ0n) is 14.3. The predicted octanol–water partition coefficient (Wildman–Crippen LogP) is 4.13. The Morgan fingerprint density at radius 3 is 2.68 bits per heavy atom. The van der Waals surface area contributed by atoms with Gasteiger partial charge in [-0.3, -0.25) is 4.79 Å². The molecule has 4 aliphatic carbocycles. The van der Waals surface area contributed by atoms with Crippen molar-refractivity contribution in [3.63, 3.8) is 0 Å². The fourth-order valence-electron chi connectivity index (χ4n) is 6.76. The minimum absolute atomic E-state index is 0.0251. The largest absolute Gasteiger partial charge is 0.393 e. The third-order valence-corrected chi connectivity index (χ3v) is 8.17. The number of aliphatic hydroxyl groups excluding tert-OH is 1. The summed E-state index contributed by atoms with van der Waals surface area (Å²) in [6, 6.07) is 0. The molecule has 0 aromatic carbocycles. The summed E-state index contributed by atoms with van der Waals surface area (Å²) >= 11 is 0. The monoisotopic (exact) mass is 302 g/mol. The highest BCUT2D eigenvalue weighted by Gasteiger charge is 2.59. The van der Waals surface area contributed by atoms with E-state index in [9.17, 15) is 9.90 Å². The van der Waals surface area contributed by atoms with Gasteiger partial charge in [-0.05, 0) is 67.6 Å². The first-order chi connectivity index (χ1) is 10.4. The third kappa shape index (κ3) is 1.79. The minimum atomic E-state index is -0.155. The lowest BCUT2D eigenvalue weighted by molar-refractivity contribution is -0.132. The molecule has 0 aromatic heterocycles. The SMILES string of the molecule is C[C@@H]1C[C@@]2(C)C(=CC[C@@H]3[C@@H]2CC[C@]2(C)C(=O)CC[C@@H]32)C[C@H]1O. The molecule has 0 aromatic rings. The number of fused-ring (bicyclic) bond motifs is 5. The molecule has 0 aliphatic heterocycles. The van der Waals surface area contributed by atoms with Crippen molar-refractivity contribution in [2.45, 2.75) is 71.8 Å². The molecule has 1 N–H and O–H groups in total. The molecular weight excluding hydrogens is 272 g/mol. The summed E-state index contributed by atoms with van der Waals surface area (Å²) in [4.78, 5) is 12.4. The summed E-state index contributed by atoms with van der Waals surface area (Å²) in [6.45, 7) is 6.91. The smallest absolute Gasteiger partial charge is 0.139 e. The van der Waals surface area contributed by atoms with Gasteiger partial charge in [0, 0.05) is 11.8 Å². The molecule has 2 nitrogen and oxygen atoms in total. The maximum Gasteiger partial charge on any atom is 0.139 e. The Bertz CT molecular complexity index is 536. The van der Waals surface area contributed by atoms with Crippen LogP contribution in [-0.2, 0) is 4.79 Å². The summed E-state index contributed by atoms with van der Waals surface area (Å²) in [5, 5.41) is 10.3. The molecule has 0 radical (unpaired) electrons. The number of carbonyl (C=O) groups is 1. The Morgan fingerprint density at radius 1 is 1.18 bits per heavy atom. The molecule has 22 heavy (non-hydrogen) atoms. The fourth-order valence-corrected chi connectivity index (χ4v) is 6.76. The Balaban J connectivity index is 1.70. The number of allylic oxidation sites excluding steroid dienone is 1. The first-order valence-electron chi connectivity index (χ1n) is 9.27. The average Bonchev–Trinajstić information content (AvgIpc) is 2.77. The van der Waals surface area contributed by atoms with E-state index in [2.05, 4.69) is 26.8 Å². The van der Waals surface area contributed by atoms with E-state index in [0.29, 0.717) is 23.5 Å². The molecule has 3 fully saturated rings. The van der Waals surface area contributed by atoms with Gasteiger partial charge >= 0.3 is 0 Å². The van der Waals surface area contributed by atoms with Gasteiger partial charge in [0.25, 0.3) is 0 Å². The first-order valence-corrected chi connectivity index (χ1v) is 9.27. The van der Waals surface area contributed by atoms with Crippen molar-refractivity contribution in [3.8, 4) is 0 Å². The Kier molecular flexibility index (Phi) is 3.18. The Labute approximate surface area is 134 Å². The van der Waals surface area contributed by atoms with Crippen LogP contribution < -0.4 is 0 Å². The van der Waals surface area contributed by atoms with Crippen LogP contribution in [0.5, 0.6) is 0 Å². The molecule has 0 saturated heterocycles. The lowest BCUT2D eigenvalue weighted by Crippen LogP contribution is -2.51. The summed E-state index contributed by atoms with van der Waals surface area (Å²) in [5.74, 6) is 2.96. The quantitative estimate of drug-likeness (QED) is 0.683. The van der Waals surface area contributed by atoms with Crippen LogP contribution >= 0.6 is 0 Å². The molecule has 4 rings (SSSR count). The highest BCUT2D eigenvalue weighted by Crippen LogP contribution is 2.64. The van der Waals surface area contributed by atoms with Gasteiger partial charge in [-0.25, -0.2) is 0 Å². The van der Waals surface area contributed by atoms with Crippen molar-refractivity contribution in [1.29, 1.82) is 0 Å². The number of carbonyl (C=O) groups excluding carboxylic acids is 1. The van der Waals surface area contributed by atoms with Crippen molar-refractivity contribution >= 4 is 5.78 Å². The second-order valence-electron chi connectivity index (χ2n) is 9.13. The standard InChI is InChI=1S/C20H30O2/c1-12-11-20(3)13(10-17(12)21)4-5-14-15-6-7-18(22)19(15,2)9-8-16(14)20/h4,12,14-17,21H,5-11H2,1-3H3/t12-,14+,15+,16+,17-,19+,20+/m1/s1. The van der Waals surface area contributed by atoms with Crippen LogP contribution in [0.3, 0.4) is 0 Å². The molecule has 7 atom stereocenters. The van der Waals surface area contributed by atoms with E-state index in [1.54, 1.807) is 0 Å². The van der Waals surface area contributed by atoms with Crippen LogP contribution in [0.25, 0.3) is 0 Å². The molecular formula is C20H30O2. The zero-order valence-corrected chi connectivity index (χ0v) is 14.3. The molecule has 4 aliphatic rings. The van der Waals surface area contributed by atoms with Crippen molar-refractivity contribution in [1.82, 2.24) is 0 Å². The van der Waals surface area contributed by atoms with E-state index in [1.807, 2.05) is 0 Å². The van der Waals surface area contributed by atoms with Gasteiger partial charge in [-0.1, -0.05) is 32.4 Å². The van der Waals surface area contributed by atoms with Gasteiger partial charge in [-0.15, -0.1) is 0 Å². The average molecular weight is 302 g/mol. The normalized spacial score (nSPS) is 54.3. The van der Waals surface area contributed by atoms with Crippen molar-refractivity contribution in [2.24, 2.45) is 34.5 Å². The highest BCUT2D eigenvalue weighted by atomic mass is 16.3. The Hall–Kier alpha value is -0.630. The Morgan fingerprint density at radius 2 is 1.91 bits per heavy atom. The number of rotatable bonds is 0. The molecule has 0 amide bonds. The molecule has 0 unspecified atom stereocenters. The number of hydrogen-bond donors (Lipinski definition) is 1. The predicted molar refractivity (Wildman–Crippen MR) is 87.3 cm³/mol. The summed E-state index contributed by atoms with van der Waals surface area (Å²) in [6.07, 6.45) is 9.67. The fraction of sp³-hybridized carbons (Fsp3) is 0.850. The topological polar surface area (TPSA) is 37.3 Å². The molecule has 0 heterocycles. The van der Waals surface area contributed by atoms with Gasteiger partial charge in [0.2, 0.25) is 0 Å². The second-order valence-corrected chi connectivity index (χ2v) is 9.13. The first kappa shape index (κ1) is 14.9. The zero-order chi connectivity index (χ0) is 15.7. The van der Waals surface area contributed by atoms with Gasteiger partial charge < -0.3 is 5.11 Å². The van der Waals surface area contributed by atoms with E-state index in [0.717, 1.165) is 44.4 Å². The van der Waals surface area contributed by atoms with E-state index < -0.39 is 0 Å². The molecule has 2 heteroatoms. The molecule has 122 valence electrons. The maximum atomic E-state index is 12.4. The van der Waals surface area contributed by atoms with Crippen molar-refractivity contribution in [3.05, 3.63) is 11.6 Å². The van der Waals surface area contributed by atoms with Gasteiger partial charge in [0.15, 0.2) is 0 Å². The number of Topliss-reactive ketones (excluding diaryl/α,β-unsaturated/α-hetero) is 1.